The fraction of sp³-hybridized carbons (Fsp3) is 0.974. The van der Waals surface area contributed by atoms with Gasteiger partial charge in [-0.15, -0.1) is 0 Å². The molecule has 0 spiro atoms. The predicted molar refractivity (Wildman–Crippen MR) is 194 cm³/mol. The van der Waals surface area contributed by atoms with Crippen LogP contribution in [0, 0.1) is 5.92 Å². The van der Waals surface area contributed by atoms with E-state index in [2.05, 4.69) is 12.2 Å². The third-order valence-electron chi connectivity index (χ3n) is 10.4. The van der Waals surface area contributed by atoms with E-state index in [0.717, 1.165) is 19.3 Å². The lowest BCUT2D eigenvalue weighted by Crippen LogP contribution is -2.57. The zero-order valence-corrected chi connectivity index (χ0v) is 30.9. The third kappa shape index (κ3) is 20.8. The number of hydrogen-bond acceptors (Lipinski definition) is 8. The van der Waals surface area contributed by atoms with Crippen LogP contribution in [0.15, 0.2) is 0 Å². The molecule has 0 aromatic heterocycles. The van der Waals surface area contributed by atoms with Crippen molar-refractivity contribution in [2.45, 2.75) is 223 Å². The van der Waals surface area contributed by atoms with Gasteiger partial charge in [-0.3, -0.25) is 4.79 Å². The topological polar surface area (TPSA) is 160 Å². The van der Waals surface area contributed by atoms with Crippen molar-refractivity contribution in [2.75, 3.05) is 13.2 Å². The van der Waals surface area contributed by atoms with Gasteiger partial charge in [0.05, 0.1) is 31.0 Å². The third-order valence-corrected chi connectivity index (χ3v) is 10.4. The lowest BCUT2D eigenvalue weighted by molar-refractivity contribution is -0.182. The Kier molecular flexibility index (Phi) is 28.1. The molecule has 8 unspecified atom stereocenters. The summed E-state index contributed by atoms with van der Waals surface area (Å²) in [5, 5.41) is 63.6. The Morgan fingerprint density at radius 2 is 1.06 bits per heavy atom. The van der Waals surface area contributed by atoms with Crippen LogP contribution in [0.25, 0.3) is 0 Å². The number of amides is 1. The fourth-order valence-electron chi connectivity index (χ4n) is 6.94. The van der Waals surface area contributed by atoms with Crippen molar-refractivity contribution in [2.24, 2.45) is 5.92 Å². The van der Waals surface area contributed by atoms with Crippen molar-refractivity contribution in [1.82, 2.24) is 5.32 Å². The average Bonchev–Trinajstić information content (AvgIpc) is 3.09. The van der Waals surface area contributed by atoms with E-state index >= 15 is 0 Å². The van der Waals surface area contributed by atoms with Gasteiger partial charge in [-0.05, 0) is 19.3 Å². The van der Waals surface area contributed by atoms with Crippen LogP contribution >= 0.6 is 0 Å². The Hall–Kier alpha value is -0.810. The first-order valence-electron chi connectivity index (χ1n) is 20.2. The second-order valence-corrected chi connectivity index (χ2v) is 14.7. The molecule has 0 radical (unpaired) electrons. The predicted octanol–water partition coefficient (Wildman–Crippen LogP) is 6.47. The van der Waals surface area contributed by atoms with Crippen molar-refractivity contribution in [3.8, 4) is 0 Å². The molecule has 9 heteroatoms. The minimum absolute atomic E-state index is 0.114. The van der Waals surface area contributed by atoms with Crippen LogP contribution in [0.5, 0.6) is 0 Å². The standard InChI is InChI=1S/C39H77NO8/c1-3-5-6-7-8-9-10-11-12-13-14-15-16-17-18-19-20-21-22-23-24-25-26-27-35(43)40-32(37(45)33(42)4-2)30-48-34-28-31(29-41)36(44)39(47)38(34)46/h31-34,36-39,41-42,44-47H,3-30H2,1-2H3,(H,40,43). The molecule has 0 aliphatic heterocycles. The van der Waals surface area contributed by atoms with Crippen LogP contribution in [0.1, 0.15) is 181 Å². The van der Waals surface area contributed by atoms with Gasteiger partial charge in [-0.2, -0.15) is 0 Å². The molecule has 1 rings (SSSR count). The first kappa shape index (κ1) is 45.2. The number of nitrogens with one attached hydrogen (secondary N) is 1. The van der Waals surface area contributed by atoms with E-state index in [0.29, 0.717) is 6.42 Å². The van der Waals surface area contributed by atoms with Crippen molar-refractivity contribution >= 4 is 5.91 Å². The molecule has 1 aliphatic carbocycles. The maximum atomic E-state index is 12.7. The normalized spacial score (nSPS) is 23.2. The van der Waals surface area contributed by atoms with Crippen LogP contribution < -0.4 is 5.32 Å². The Balaban J connectivity index is 2.06. The molecule has 0 aromatic rings. The molecular formula is C39H77NO8. The Morgan fingerprint density at radius 1 is 0.646 bits per heavy atom. The summed E-state index contributed by atoms with van der Waals surface area (Å²) in [6.45, 7) is 3.44. The molecule has 286 valence electrons. The van der Waals surface area contributed by atoms with E-state index < -0.39 is 48.6 Å². The second-order valence-electron chi connectivity index (χ2n) is 14.7. The van der Waals surface area contributed by atoms with Gasteiger partial charge in [0.1, 0.15) is 18.3 Å². The summed E-state index contributed by atoms with van der Waals surface area (Å²) in [7, 11) is 0. The van der Waals surface area contributed by atoms with Gasteiger partial charge < -0.3 is 40.7 Å². The average molecular weight is 688 g/mol. The maximum absolute atomic E-state index is 12.7. The highest BCUT2D eigenvalue weighted by molar-refractivity contribution is 5.76. The molecule has 1 aliphatic rings. The number of hydrogen-bond donors (Lipinski definition) is 7. The number of aliphatic hydroxyl groups is 6. The Bertz CT molecular complexity index is 741. The molecule has 1 fully saturated rings. The molecular weight excluding hydrogens is 610 g/mol. The molecule has 1 saturated carbocycles. The second kappa shape index (κ2) is 29.9. The van der Waals surface area contributed by atoms with E-state index in [1.807, 2.05) is 0 Å². The summed E-state index contributed by atoms with van der Waals surface area (Å²) in [6.07, 6.45) is 23.6. The van der Waals surface area contributed by atoms with E-state index in [1.54, 1.807) is 6.92 Å². The zero-order valence-electron chi connectivity index (χ0n) is 30.9. The van der Waals surface area contributed by atoms with E-state index in [1.165, 1.54) is 128 Å². The summed E-state index contributed by atoms with van der Waals surface area (Å²) >= 11 is 0. The first-order valence-corrected chi connectivity index (χ1v) is 20.2. The summed E-state index contributed by atoms with van der Waals surface area (Å²) < 4.78 is 5.76. The first-order chi connectivity index (χ1) is 23.3. The summed E-state index contributed by atoms with van der Waals surface area (Å²) in [5.74, 6) is -0.895. The fourth-order valence-corrected chi connectivity index (χ4v) is 6.94. The number of rotatable bonds is 32. The maximum Gasteiger partial charge on any atom is 0.220 e. The number of aliphatic hydroxyl groups excluding tert-OH is 6. The SMILES string of the molecule is CCCCCCCCCCCCCCCCCCCCCCCCCC(=O)NC(COC1CC(CO)C(O)C(O)C1O)C(O)C(O)CC. The summed E-state index contributed by atoms with van der Waals surface area (Å²) in [6, 6.07) is -0.902. The molecule has 9 nitrogen and oxygen atoms in total. The van der Waals surface area contributed by atoms with Gasteiger partial charge in [-0.1, -0.05) is 155 Å². The highest BCUT2D eigenvalue weighted by Crippen LogP contribution is 2.28. The minimum atomic E-state index is -1.47. The highest BCUT2D eigenvalue weighted by atomic mass is 16.5. The van der Waals surface area contributed by atoms with Gasteiger partial charge in [0.15, 0.2) is 0 Å². The number of unbranched alkanes of at least 4 members (excludes halogenated alkanes) is 22. The van der Waals surface area contributed by atoms with E-state index in [-0.39, 0.29) is 32.0 Å². The number of carbonyl (C=O) groups is 1. The van der Waals surface area contributed by atoms with Crippen LogP contribution in [-0.2, 0) is 9.53 Å². The van der Waals surface area contributed by atoms with Crippen molar-refractivity contribution < 1.29 is 40.2 Å². The summed E-state index contributed by atoms with van der Waals surface area (Å²) in [4.78, 5) is 12.7. The lowest BCUT2D eigenvalue weighted by Gasteiger charge is -2.40. The zero-order chi connectivity index (χ0) is 35.4. The van der Waals surface area contributed by atoms with Crippen LogP contribution in [-0.4, -0.2) is 92.4 Å². The van der Waals surface area contributed by atoms with Crippen molar-refractivity contribution in [1.29, 1.82) is 0 Å². The molecule has 7 N–H and O–H groups in total. The van der Waals surface area contributed by atoms with Gasteiger partial charge in [0.2, 0.25) is 5.91 Å². The van der Waals surface area contributed by atoms with Gasteiger partial charge >= 0.3 is 0 Å². The largest absolute Gasteiger partial charge is 0.396 e. The molecule has 0 heterocycles. The summed E-state index contributed by atoms with van der Waals surface area (Å²) in [5.41, 5.74) is 0. The highest BCUT2D eigenvalue weighted by Gasteiger charge is 2.43. The van der Waals surface area contributed by atoms with Crippen LogP contribution in [0.4, 0.5) is 0 Å². The molecule has 48 heavy (non-hydrogen) atoms. The monoisotopic (exact) mass is 688 g/mol. The molecule has 0 saturated heterocycles. The van der Waals surface area contributed by atoms with Crippen molar-refractivity contribution in [3.63, 3.8) is 0 Å². The van der Waals surface area contributed by atoms with E-state index in [9.17, 15) is 35.4 Å². The number of carbonyl (C=O) groups excluding carboxylic acids is 1. The molecule has 0 bridgehead atoms. The number of ether oxygens (including phenoxy) is 1. The van der Waals surface area contributed by atoms with Gasteiger partial charge in [-0.25, -0.2) is 0 Å². The van der Waals surface area contributed by atoms with Crippen molar-refractivity contribution in [3.05, 3.63) is 0 Å². The van der Waals surface area contributed by atoms with Gasteiger partial charge in [0, 0.05) is 18.9 Å². The molecule has 1 amide bonds. The molecule has 0 aromatic carbocycles. The van der Waals surface area contributed by atoms with E-state index in [4.69, 9.17) is 4.74 Å². The minimum Gasteiger partial charge on any atom is -0.396 e. The smallest absolute Gasteiger partial charge is 0.220 e. The van der Waals surface area contributed by atoms with Crippen LogP contribution in [0.3, 0.4) is 0 Å². The van der Waals surface area contributed by atoms with Gasteiger partial charge in [0.25, 0.3) is 0 Å². The molecule has 8 atom stereocenters. The lowest BCUT2D eigenvalue weighted by atomic mass is 9.81. The Morgan fingerprint density at radius 3 is 1.46 bits per heavy atom. The Labute approximate surface area is 293 Å². The van der Waals surface area contributed by atoms with Crippen LogP contribution in [0.2, 0.25) is 0 Å². The quantitative estimate of drug-likeness (QED) is 0.0397.